The maximum atomic E-state index is 9.96. The molecule has 0 aliphatic rings. The maximum Gasteiger partial charge on any atom is 0.0922 e. The van der Waals surface area contributed by atoms with Crippen LogP contribution in [0.15, 0.2) is 40.4 Å². The van der Waals surface area contributed by atoms with E-state index in [-0.39, 0.29) is 0 Å². The molecule has 1 N–H and O–H groups in total. The van der Waals surface area contributed by atoms with Crippen LogP contribution in [0.4, 0.5) is 0 Å². The maximum absolute atomic E-state index is 9.96. The lowest BCUT2D eigenvalue weighted by molar-refractivity contribution is 0.182. The molecule has 2 heterocycles. The van der Waals surface area contributed by atoms with Gasteiger partial charge in [0, 0.05) is 33.5 Å². The number of pyridine rings is 1. The number of hydrogen-bond acceptors (Lipinski definition) is 3. The zero-order chi connectivity index (χ0) is 10.7. The fourth-order valence-corrected chi connectivity index (χ4v) is 2.78. The second-order valence-corrected chi connectivity index (χ2v) is 5.10. The molecule has 0 aliphatic carbocycles. The summed E-state index contributed by atoms with van der Waals surface area (Å²) in [6.45, 7) is 0. The first-order chi connectivity index (χ1) is 7.25. The van der Waals surface area contributed by atoms with Gasteiger partial charge in [-0.2, -0.15) is 0 Å². The van der Waals surface area contributed by atoms with Crippen LogP contribution in [0.5, 0.6) is 0 Å². The van der Waals surface area contributed by atoms with Crippen molar-refractivity contribution in [1.29, 1.82) is 0 Å². The van der Waals surface area contributed by atoms with E-state index < -0.39 is 6.10 Å². The molecule has 0 saturated carbocycles. The molecule has 0 saturated heterocycles. The van der Waals surface area contributed by atoms with Crippen LogP contribution in [0.25, 0.3) is 0 Å². The lowest BCUT2D eigenvalue weighted by Crippen LogP contribution is -1.99. The van der Waals surface area contributed by atoms with Crippen molar-refractivity contribution in [3.8, 4) is 0 Å². The quantitative estimate of drug-likeness (QED) is 0.939. The molecule has 0 fully saturated rings. The minimum Gasteiger partial charge on any atom is -0.387 e. The molecule has 0 amide bonds. The molecule has 2 aromatic rings. The monoisotopic (exact) mass is 283 g/mol. The number of aliphatic hydroxyl groups is 1. The highest BCUT2D eigenvalue weighted by molar-refractivity contribution is 9.10. The van der Waals surface area contributed by atoms with Crippen LogP contribution in [0.1, 0.15) is 16.5 Å². The van der Waals surface area contributed by atoms with Gasteiger partial charge in [0.2, 0.25) is 0 Å². The van der Waals surface area contributed by atoms with Crippen molar-refractivity contribution in [2.24, 2.45) is 0 Å². The highest BCUT2D eigenvalue weighted by Gasteiger charge is 2.10. The Bertz CT molecular complexity index is 429. The number of halogens is 1. The number of thiophene rings is 1. The summed E-state index contributed by atoms with van der Waals surface area (Å²) in [5, 5.41) is 11.9. The van der Waals surface area contributed by atoms with Crippen molar-refractivity contribution in [3.05, 3.63) is 50.9 Å². The van der Waals surface area contributed by atoms with Crippen molar-refractivity contribution in [1.82, 2.24) is 4.98 Å². The summed E-state index contributed by atoms with van der Waals surface area (Å²) in [7, 11) is 0. The lowest BCUT2D eigenvalue weighted by atomic mass is 10.1. The third kappa shape index (κ3) is 2.87. The van der Waals surface area contributed by atoms with Crippen LogP contribution < -0.4 is 0 Å². The van der Waals surface area contributed by atoms with Crippen molar-refractivity contribution >= 4 is 27.3 Å². The van der Waals surface area contributed by atoms with Crippen molar-refractivity contribution in [2.75, 3.05) is 0 Å². The van der Waals surface area contributed by atoms with E-state index in [0.29, 0.717) is 6.42 Å². The van der Waals surface area contributed by atoms with E-state index in [9.17, 15) is 5.11 Å². The molecule has 1 unspecified atom stereocenters. The average molecular weight is 284 g/mol. The van der Waals surface area contributed by atoms with Crippen LogP contribution in [-0.4, -0.2) is 10.1 Å². The molecule has 0 bridgehead atoms. The standard InChI is InChI=1S/C11H10BrNOS/c12-9-6-11(15-7-9)10(14)5-8-1-3-13-4-2-8/h1-4,6-7,10,14H,5H2. The van der Waals surface area contributed by atoms with Gasteiger partial charge in [-0.05, 0) is 39.7 Å². The van der Waals surface area contributed by atoms with Gasteiger partial charge in [-0.1, -0.05) is 0 Å². The van der Waals surface area contributed by atoms with Crippen LogP contribution in [0, 0.1) is 0 Å². The number of aliphatic hydroxyl groups excluding tert-OH is 1. The van der Waals surface area contributed by atoms with Gasteiger partial charge in [0.05, 0.1) is 6.10 Å². The zero-order valence-corrected chi connectivity index (χ0v) is 10.3. The largest absolute Gasteiger partial charge is 0.387 e. The number of nitrogens with zero attached hydrogens (tertiary/aromatic N) is 1. The van der Waals surface area contributed by atoms with E-state index >= 15 is 0 Å². The topological polar surface area (TPSA) is 33.1 Å². The normalized spacial score (nSPS) is 12.7. The van der Waals surface area contributed by atoms with E-state index in [1.54, 1.807) is 23.7 Å². The Hall–Kier alpha value is -0.710. The summed E-state index contributed by atoms with van der Waals surface area (Å²) in [4.78, 5) is 4.93. The first-order valence-corrected chi connectivity index (χ1v) is 6.24. The van der Waals surface area contributed by atoms with Gasteiger partial charge in [-0.25, -0.2) is 0 Å². The predicted octanol–water partition coefficient (Wildman–Crippen LogP) is 3.18. The molecule has 1 atom stereocenters. The van der Waals surface area contributed by atoms with Crippen molar-refractivity contribution in [3.63, 3.8) is 0 Å². The van der Waals surface area contributed by atoms with E-state index in [4.69, 9.17) is 0 Å². The molecular weight excluding hydrogens is 274 g/mol. The smallest absolute Gasteiger partial charge is 0.0922 e. The molecule has 4 heteroatoms. The molecule has 78 valence electrons. The summed E-state index contributed by atoms with van der Waals surface area (Å²) in [5.74, 6) is 0. The first kappa shape index (κ1) is 10.8. The molecule has 0 spiro atoms. The second kappa shape index (κ2) is 4.88. The Morgan fingerprint density at radius 1 is 1.40 bits per heavy atom. The molecular formula is C11H10BrNOS. The van der Waals surface area contributed by atoms with Crippen LogP contribution in [0.3, 0.4) is 0 Å². The number of aromatic nitrogens is 1. The fourth-order valence-electron chi connectivity index (χ4n) is 1.35. The van der Waals surface area contributed by atoms with Crippen LogP contribution >= 0.6 is 27.3 Å². The van der Waals surface area contributed by atoms with E-state index in [2.05, 4.69) is 20.9 Å². The van der Waals surface area contributed by atoms with E-state index in [0.717, 1.165) is 14.9 Å². The van der Waals surface area contributed by atoms with Gasteiger partial charge in [0.25, 0.3) is 0 Å². The Morgan fingerprint density at radius 2 is 2.13 bits per heavy atom. The summed E-state index contributed by atoms with van der Waals surface area (Å²) >= 11 is 4.94. The Balaban J connectivity index is 2.07. The molecule has 0 aliphatic heterocycles. The van der Waals surface area contributed by atoms with E-state index in [1.807, 2.05) is 23.6 Å². The average Bonchev–Trinajstić information content (AvgIpc) is 2.66. The van der Waals surface area contributed by atoms with Gasteiger partial charge in [-0.3, -0.25) is 4.98 Å². The minimum absolute atomic E-state index is 0.427. The van der Waals surface area contributed by atoms with Gasteiger partial charge in [0.15, 0.2) is 0 Å². The SMILES string of the molecule is OC(Cc1ccncc1)c1cc(Br)cs1. The van der Waals surface area contributed by atoms with Crippen molar-refractivity contribution in [2.45, 2.75) is 12.5 Å². The Kier molecular flexibility index (Phi) is 3.51. The predicted molar refractivity (Wildman–Crippen MR) is 64.9 cm³/mol. The third-order valence-electron chi connectivity index (χ3n) is 2.09. The first-order valence-electron chi connectivity index (χ1n) is 4.56. The summed E-state index contributed by atoms with van der Waals surface area (Å²) in [6, 6.07) is 5.80. The summed E-state index contributed by atoms with van der Waals surface area (Å²) in [5.41, 5.74) is 1.10. The lowest BCUT2D eigenvalue weighted by Gasteiger charge is -2.07. The van der Waals surface area contributed by atoms with Crippen molar-refractivity contribution < 1.29 is 5.11 Å². The molecule has 0 aromatic carbocycles. The Morgan fingerprint density at radius 3 is 2.73 bits per heavy atom. The molecule has 2 nitrogen and oxygen atoms in total. The van der Waals surface area contributed by atoms with Gasteiger partial charge in [-0.15, -0.1) is 11.3 Å². The van der Waals surface area contributed by atoms with Crippen LogP contribution in [-0.2, 0) is 6.42 Å². The van der Waals surface area contributed by atoms with Gasteiger partial charge in [0.1, 0.15) is 0 Å². The number of hydrogen-bond donors (Lipinski definition) is 1. The highest BCUT2D eigenvalue weighted by Crippen LogP contribution is 2.27. The molecule has 15 heavy (non-hydrogen) atoms. The summed E-state index contributed by atoms with van der Waals surface area (Å²) in [6.07, 6.45) is 3.69. The molecule has 0 radical (unpaired) electrons. The number of rotatable bonds is 3. The second-order valence-electron chi connectivity index (χ2n) is 3.24. The fraction of sp³-hybridized carbons (Fsp3) is 0.182. The third-order valence-corrected chi connectivity index (χ3v) is 3.89. The van der Waals surface area contributed by atoms with Gasteiger partial charge >= 0.3 is 0 Å². The summed E-state index contributed by atoms with van der Waals surface area (Å²) < 4.78 is 1.02. The zero-order valence-electron chi connectivity index (χ0n) is 7.93. The van der Waals surface area contributed by atoms with Gasteiger partial charge < -0.3 is 5.11 Å². The van der Waals surface area contributed by atoms with E-state index in [1.165, 1.54) is 0 Å². The Labute approximate surface area is 101 Å². The van der Waals surface area contributed by atoms with Crippen LogP contribution in [0.2, 0.25) is 0 Å². The minimum atomic E-state index is -0.427. The highest BCUT2D eigenvalue weighted by atomic mass is 79.9. The molecule has 2 rings (SSSR count). The molecule has 2 aromatic heterocycles.